The van der Waals surface area contributed by atoms with E-state index in [2.05, 4.69) is 54.2 Å². The lowest BCUT2D eigenvalue weighted by Gasteiger charge is -2.22. The summed E-state index contributed by atoms with van der Waals surface area (Å²) in [6.45, 7) is 4.52. The first-order valence-electron chi connectivity index (χ1n) is 7.28. The van der Waals surface area contributed by atoms with Gasteiger partial charge in [-0.2, -0.15) is 0 Å². The van der Waals surface area contributed by atoms with Gasteiger partial charge in [-0.3, -0.25) is 0 Å². The summed E-state index contributed by atoms with van der Waals surface area (Å²) in [4.78, 5) is 8.75. The number of hydrogen-bond acceptors (Lipinski definition) is 2. The summed E-state index contributed by atoms with van der Waals surface area (Å²) in [5.41, 5.74) is 1.42. The minimum Gasteiger partial charge on any atom is -0.0965 e. The van der Waals surface area contributed by atoms with Gasteiger partial charge in [0.1, 0.15) is 0 Å². The lowest BCUT2D eigenvalue weighted by Crippen LogP contribution is -2.19. The number of benzene rings is 1. The zero-order valence-corrected chi connectivity index (χ0v) is 11.9. The third kappa shape index (κ3) is 3.95. The van der Waals surface area contributed by atoms with Crippen molar-refractivity contribution in [1.82, 2.24) is 0 Å². The SMILES string of the molecule is CCCCC(Cc1ccccc1)C(C)[C+]1N=CC=N1. The Bertz CT molecular complexity index is 410. The number of rotatable bonds is 7. The summed E-state index contributed by atoms with van der Waals surface area (Å²) >= 11 is 0. The van der Waals surface area contributed by atoms with E-state index in [9.17, 15) is 0 Å². The molecule has 19 heavy (non-hydrogen) atoms. The van der Waals surface area contributed by atoms with Crippen LogP contribution in [0.3, 0.4) is 0 Å². The Morgan fingerprint density at radius 3 is 2.42 bits per heavy atom. The second-order valence-corrected chi connectivity index (χ2v) is 5.30. The van der Waals surface area contributed by atoms with Crippen LogP contribution in [0.4, 0.5) is 0 Å². The normalized spacial score (nSPS) is 16.8. The van der Waals surface area contributed by atoms with E-state index in [0.29, 0.717) is 11.8 Å². The highest BCUT2D eigenvalue weighted by Gasteiger charge is 2.31. The van der Waals surface area contributed by atoms with Crippen LogP contribution in [0.5, 0.6) is 0 Å². The monoisotopic (exact) mass is 255 g/mol. The van der Waals surface area contributed by atoms with Crippen LogP contribution in [0.2, 0.25) is 0 Å². The summed E-state index contributed by atoms with van der Waals surface area (Å²) in [7, 11) is 0. The zero-order chi connectivity index (χ0) is 13.5. The van der Waals surface area contributed by atoms with Crippen molar-refractivity contribution in [1.29, 1.82) is 0 Å². The van der Waals surface area contributed by atoms with E-state index < -0.39 is 0 Å². The van der Waals surface area contributed by atoms with E-state index in [4.69, 9.17) is 0 Å². The van der Waals surface area contributed by atoms with Crippen LogP contribution < -0.4 is 0 Å². The maximum absolute atomic E-state index is 4.38. The lowest BCUT2D eigenvalue weighted by molar-refractivity contribution is 0.332. The summed E-state index contributed by atoms with van der Waals surface area (Å²) < 4.78 is 0. The van der Waals surface area contributed by atoms with Gasteiger partial charge < -0.3 is 0 Å². The van der Waals surface area contributed by atoms with E-state index in [0.717, 1.165) is 12.6 Å². The fraction of sp³-hybridized carbons (Fsp3) is 0.471. The van der Waals surface area contributed by atoms with Crippen LogP contribution in [0.1, 0.15) is 38.7 Å². The molecule has 2 rings (SSSR count). The van der Waals surface area contributed by atoms with Crippen molar-refractivity contribution in [3.05, 3.63) is 42.1 Å². The van der Waals surface area contributed by atoms with Crippen LogP contribution in [-0.2, 0) is 6.42 Å². The smallest absolute Gasteiger partial charge is 0.0965 e. The van der Waals surface area contributed by atoms with Crippen molar-refractivity contribution in [2.24, 2.45) is 21.8 Å². The Morgan fingerprint density at radius 1 is 1.11 bits per heavy atom. The Balaban J connectivity index is 2.02. The van der Waals surface area contributed by atoms with E-state index in [1.807, 2.05) is 0 Å². The van der Waals surface area contributed by atoms with Gasteiger partial charge in [0.15, 0.2) is 12.4 Å². The molecule has 1 aliphatic rings. The van der Waals surface area contributed by atoms with Crippen LogP contribution >= 0.6 is 0 Å². The molecule has 1 aromatic rings. The van der Waals surface area contributed by atoms with Crippen molar-refractivity contribution in [2.75, 3.05) is 0 Å². The average molecular weight is 255 g/mol. The number of aliphatic imine (C=N–C) groups is 2. The molecule has 100 valence electrons. The molecule has 2 heteroatoms. The fourth-order valence-electron chi connectivity index (χ4n) is 2.61. The first-order valence-corrected chi connectivity index (χ1v) is 7.28. The summed E-state index contributed by atoms with van der Waals surface area (Å²) in [5.74, 6) is 1.06. The lowest BCUT2D eigenvalue weighted by atomic mass is 9.82. The minimum absolute atomic E-state index is 0.432. The van der Waals surface area contributed by atoms with Gasteiger partial charge in [-0.05, 0) is 31.2 Å². The molecule has 0 spiro atoms. The maximum atomic E-state index is 4.38. The van der Waals surface area contributed by atoms with Crippen molar-refractivity contribution in [3.8, 4) is 0 Å². The number of hydrogen-bond donors (Lipinski definition) is 0. The molecule has 0 radical (unpaired) electrons. The molecule has 0 fully saturated rings. The van der Waals surface area contributed by atoms with Crippen molar-refractivity contribution in [2.45, 2.75) is 39.5 Å². The van der Waals surface area contributed by atoms with Gasteiger partial charge >= 0.3 is 0 Å². The first-order chi connectivity index (χ1) is 9.31. The van der Waals surface area contributed by atoms with Gasteiger partial charge in [-0.25, -0.2) is 0 Å². The molecule has 0 N–H and O–H groups in total. The molecule has 0 saturated carbocycles. The van der Waals surface area contributed by atoms with Gasteiger partial charge in [0.05, 0.1) is 5.92 Å². The molecule has 2 unspecified atom stereocenters. The van der Waals surface area contributed by atoms with E-state index in [1.54, 1.807) is 12.4 Å². The molecule has 0 aromatic heterocycles. The standard InChI is InChI=1S/C17H23N2/c1-3-4-10-16(13-15-8-6-5-7-9-15)14(2)17-18-11-12-19-17/h5-9,11-12,14,16H,3-4,10,13H2,1-2H3/q+1. The van der Waals surface area contributed by atoms with Gasteiger partial charge in [0.2, 0.25) is 6.17 Å². The van der Waals surface area contributed by atoms with Crippen LogP contribution in [-0.4, -0.2) is 12.4 Å². The summed E-state index contributed by atoms with van der Waals surface area (Å²) in [6.07, 6.45) is 9.49. The topological polar surface area (TPSA) is 24.7 Å². The highest BCUT2D eigenvalue weighted by molar-refractivity contribution is 6.18. The molecule has 0 bridgehead atoms. The van der Waals surface area contributed by atoms with E-state index >= 15 is 0 Å². The van der Waals surface area contributed by atoms with Crippen molar-refractivity contribution < 1.29 is 0 Å². The van der Waals surface area contributed by atoms with E-state index in [-0.39, 0.29) is 0 Å². The van der Waals surface area contributed by atoms with Crippen molar-refractivity contribution in [3.63, 3.8) is 0 Å². The molecule has 1 aromatic carbocycles. The van der Waals surface area contributed by atoms with Gasteiger partial charge in [0, 0.05) is 0 Å². The quantitative estimate of drug-likeness (QED) is 0.648. The fourth-order valence-corrected chi connectivity index (χ4v) is 2.61. The van der Waals surface area contributed by atoms with Crippen LogP contribution in [0.25, 0.3) is 0 Å². The molecule has 1 aliphatic heterocycles. The molecule has 0 amide bonds. The molecular weight excluding hydrogens is 232 g/mol. The van der Waals surface area contributed by atoms with E-state index in [1.165, 1.54) is 24.8 Å². The second-order valence-electron chi connectivity index (χ2n) is 5.30. The maximum Gasteiger partial charge on any atom is 0.243 e. The minimum atomic E-state index is 0.432. The summed E-state index contributed by atoms with van der Waals surface area (Å²) in [6, 6.07) is 10.8. The Hall–Kier alpha value is -1.57. The highest BCUT2D eigenvalue weighted by Crippen LogP contribution is 2.32. The third-order valence-electron chi connectivity index (χ3n) is 3.86. The Labute approximate surface area is 116 Å². The van der Waals surface area contributed by atoms with Gasteiger partial charge in [-0.1, -0.05) is 60.1 Å². The zero-order valence-electron chi connectivity index (χ0n) is 11.9. The predicted octanol–water partition coefficient (Wildman–Crippen LogP) is 4.32. The molecular formula is C17H23N2+. The van der Waals surface area contributed by atoms with Gasteiger partial charge in [-0.15, -0.1) is 0 Å². The van der Waals surface area contributed by atoms with Crippen molar-refractivity contribution >= 4 is 12.4 Å². The number of unbranched alkanes of at least 4 members (excludes halogenated alkanes) is 1. The molecule has 2 atom stereocenters. The molecule has 0 aliphatic carbocycles. The van der Waals surface area contributed by atoms with Gasteiger partial charge in [0.25, 0.3) is 0 Å². The molecule has 0 saturated heterocycles. The average Bonchev–Trinajstić information content (AvgIpc) is 2.98. The highest BCUT2D eigenvalue weighted by atomic mass is 15.0. The molecule has 1 heterocycles. The largest absolute Gasteiger partial charge is 0.243 e. The Kier molecular flexibility index (Phi) is 5.20. The van der Waals surface area contributed by atoms with Crippen LogP contribution in [0, 0.1) is 18.0 Å². The number of nitrogens with zero attached hydrogens (tertiary/aromatic N) is 2. The predicted molar refractivity (Wildman–Crippen MR) is 82.6 cm³/mol. The third-order valence-corrected chi connectivity index (χ3v) is 3.86. The Morgan fingerprint density at radius 2 is 1.79 bits per heavy atom. The summed E-state index contributed by atoms with van der Waals surface area (Å²) in [5, 5.41) is 0. The van der Waals surface area contributed by atoms with Crippen LogP contribution in [0.15, 0.2) is 40.3 Å². The second kappa shape index (κ2) is 7.13. The molecule has 2 nitrogen and oxygen atoms in total. The first kappa shape index (κ1) is 13.9.